The van der Waals surface area contributed by atoms with Gasteiger partial charge < -0.3 is 26.2 Å². The van der Waals surface area contributed by atoms with Crippen molar-refractivity contribution in [2.24, 2.45) is 11.1 Å². The van der Waals surface area contributed by atoms with E-state index >= 15 is 0 Å². The molecule has 0 saturated heterocycles. The number of amides is 3. The molecule has 3 rings (SSSR count). The third kappa shape index (κ3) is 8.31. The van der Waals surface area contributed by atoms with Gasteiger partial charge in [0.25, 0.3) is 0 Å². The number of halogens is 3. The summed E-state index contributed by atoms with van der Waals surface area (Å²) in [4.78, 5) is 41.6. The van der Waals surface area contributed by atoms with Gasteiger partial charge in [-0.2, -0.15) is 0 Å². The summed E-state index contributed by atoms with van der Waals surface area (Å²) in [6, 6.07) is 8.80. The van der Waals surface area contributed by atoms with E-state index in [1.165, 1.54) is 36.5 Å². The summed E-state index contributed by atoms with van der Waals surface area (Å²) >= 11 is 5.98. The van der Waals surface area contributed by atoms with Crippen molar-refractivity contribution in [1.82, 2.24) is 15.6 Å². The van der Waals surface area contributed by atoms with Crippen molar-refractivity contribution in [2.75, 3.05) is 25.1 Å². The van der Waals surface area contributed by atoms with Gasteiger partial charge in [-0.05, 0) is 54.1 Å². The van der Waals surface area contributed by atoms with Gasteiger partial charge in [0.1, 0.15) is 23.5 Å². The van der Waals surface area contributed by atoms with Gasteiger partial charge >= 0.3 is 6.09 Å². The normalized spacial score (nSPS) is 13.2. The number of pyridine rings is 1. The highest BCUT2D eigenvalue weighted by molar-refractivity contribution is 6.31. The zero-order valence-corrected chi connectivity index (χ0v) is 22.4. The maximum absolute atomic E-state index is 13.8. The molecular weight excluding hydrogens is 548 g/mol. The number of carbonyl (C=O) groups excluding carboxylic acids is 3. The van der Waals surface area contributed by atoms with Crippen LogP contribution in [-0.2, 0) is 20.9 Å². The second-order valence-corrected chi connectivity index (χ2v) is 9.74. The Kier molecular flexibility index (Phi) is 10.7. The summed E-state index contributed by atoms with van der Waals surface area (Å²) in [7, 11) is 0. The Morgan fingerprint density at radius 2 is 1.90 bits per heavy atom. The van der Waals surface area contributed by atoms with Crippen molar-refractivity contribution in [3.63, 3.8) is 0 Å². The molecule has 0 aliphatic rings. The summed E-state index contributed by atoms with van der Waals surface area (Å²) in [6.45, 7) is 0.891. The number of rotatable bonds is 12. The van der Waals surface area contributed by atoms with Gasteiger partial charge in [0.05, 0.1) is 23.7 Å². The lowest BCUT2D eigenvalue weighted by molar-refractivity contribution is -0.132. The highest BCUT2D eigenvalue weighted by atomic mass is 35.5. The van der Waals surface area contributed by atoms with E-state index in [0.717, 1.165) is 0 Å². The molecule has 2 unspecified atom stereocenters. The molecule has 0 radical (unpaired) electrons. The molecule has 1 aromatic heterocycles. The molecular formula is C27H30ClF2N5O5. The maximum Gasteiger partial charge on any atom is 0.412 e. The third-order valence-electron chi connectivity index (χ3n) is 6.33. The number of aromatic nitrogens is 1. The first-order valence-corrected chi connectivity index (χ1v) is 12.7. The van der Waals surface area contributed by atoms with Crippen LogP contribution in [0.3, 0.4) is 0 Å². The van der Waals surface area contributed by atoms with E-state index in [1.54, 1.807) is 19.1 Å². The predicted molar refractivity (Wildman–Crippen MR) is 145 cm³/mol. The van der Waals surface area contributed by atoms with E-state index in [0.29, 0.717) is 16.3 Å². The fraction of sp³-hybridized carbons (Fsp3) is 0.333. The summed E-state index contributed by atoms with van der Waals surface area (Å²) in [5.74, 6) is -1.94. The molecule has 3 amide bonds. The smallest absolute Gasteiger partial charge is 0.412 e. The van der Waals surface area contributed by atoms with E-state index in [-0.39, 0.29) is 43.4 Å². The zero-order valence-electron chi connectivity index (χ0n) is 21.7. The second kappa shape index (κ2) is 14.0. The Morgan fingerprint density at radius 3 is 2.65 bits per heavy atom. The van der Waals surface area contributed by atoms with Crippen molar-refractivity contribution < 1.29 is 33.0 Å². The number of aliphatic hydroxyl groups is 1. The zero-order chi connectivity index (χ0) is 29.3. The predicted octanol–water partition coefficient (Wildman–Crippen LogP) is 3.25. The Hall–Kier alpha value is -3.87. The quantitative estimate of drug-likeness (QED) is 0.221. The highest BCUT2D eigenvalue weighted by Gasteiger charge is 2.33. The average molecular weight is 578 g/mol. The molecule has 0 fully saturated rings. The molecule has 0 spiro atoms. The Labute approximate surface area is 234 Å². The number of benzene rings is 2. The van der Waals surface area contributed by atoms with Crippen LogP contribution in [-0.4, -0.2) is 53.8 Å². The largest absolute Gasteiger partial charge is 0.449 e. The molecule has 0 bridgehead atoms. The van der Waals surface area contributed by atoms with Crippen molar-refractivity contribution in [3.05, 3.63) is 70.9 Å². The fourth-order valence-corrected chi connectivity index (χ4v) is 3.98. The number of hydrogen-bond donors (Lipinski definition) is 5. The summed E-state index contributed by atoms with van der Waals surface area (Å²) in [5.41, 5.74) is 4.74. The minimum absolute atomic E-state index is 0.0426. The second-order valence-electron chi connectivity index (χ2n) is 9.36. The number of nitrogens with two attached hydrogens (primary N) is 1. The van der Waals surface area contributed by atoms with Gasteiger partial charge in [-0.15, -0.1) is 0 Å². The van der Waals surface area contributed by atoms with Crippen molar-refractivity contribution in [3.8, 4) is 0 Å². The van der Waals surface area contributed by atoms with E-state index in [2.05, 4.69) is 20.9 Å². The number of hydrogen-bond acceptors (Lipinski definition) is 7. The first-order valence-electron chi connectivity index (χ1n) is 12.4. The summed E-state index contributed by atoms with van der Waals surface area (Å²) in [6.07, 6.45) is 0.831. The minimum Gasteiger partial charge on any atom is -0.449 e. The van der Waals surface area contributed by atoms with Crippen LogP contribution in [0, 0.1) is 17.0 Å². The van der Waals surface area contributed by atoms with Crippen LogP contribution < -0.4 is 21.7 Å². The molecule has 0 aliphatic carbocycles. The number of ether oxygens (including phenoxy) is 1. The monoisotopic (exact) mass is 577 g/mol. The van der Waals surface area contributed by atoms with Gasteiger partial charge in [0.2, 0.25) is 11.8 Å². The Morgan fingerprint density at radius 1 is 1.12 bits per heavy atom. The lowest BCUT2D eigenvalue weighted by Crippen LogP contribution is -2.46. The van der Waals surface area contributed by atoms with Crippen LogP contribution in [0.1, 0.15) is 25.3 Å². The van der Waals surface area contributed by atoms with Crippen LogP contribution in [0.25, 0.3) is 10.8 Å². The van der Waals surface area contributed by atoms with Crippen LogP contribution in [0.4, 0.5) is 19.4 Å². The minimum atomic E-state index is -1.14. The molecule has 214 valence electrons. The SMILES string of the molecule is CC(CCNC(=O)C(N)CO)(CCOC(=O)Nc1cc2cc(F)ccc2cn1)C(=O)NCc1cccc(F)c1Cl. The molecule has 13 heteroatoms. The number of fused-ring (bicyclic) bond motifs is 1. The highest BCUT2D eigenvalue weighted by Crippen LogP contribution is 2.27. The molecule has 40 heavy (non-hydrogen) atoms. The van der Waals surface area contributed by atoms with Crippen LogP contribution in [0.15, 0.2) is 48.7 Å². The molecule has 10 nitrogen and oxygen atoms in total. The Balaban J connectivity index is 1.62. The number of carbonyl (C=O) groups is 3. The van der Waals surface area contributed by atoms with E-state index in [9.17, 15) is 23.2 Å². The van der Waals surface area contributed by atoms with Crippen LogP contribution in [0.2, 0.25) is 5.02 Å². The van der Waals surface area contributed by atoms with Gasteiger partial charge in [-0.3, -0.25) is 14.9 Å². The summed E-state index contributed by atoms with van der Waals surface area (Å²) < 4.78 is 32.6. The third-order valence-corrected chi connectivity index (χ3v) is 6.75. The topological polar surface area (TPSA) is 156 Å². The first-order chi connectivity index (χ1) is 19.0. The van der Waals surface area contributed by atoms with E-state index in [1.807, 2.05) is 0 Å². The molecule has 1 heterocycles. The van der Waals surface area contributed by atoms with Crippen LogP contribution >= 0.6 is 11.6 Å². The number of anilines is 1. The standard InChI is InChI=1S/C27H30ClF2N5O5/c1-27(7-9-32-24(37)21(31)15-36,25(38)34-14-17-3-2-4-20(30)23(17)28)8-10-40-26(39)35-22-12-18-11-19(29)6-5-16(18)13-33-22/h2-6,11-13,21,36H,7-10,14-15,31H2,1H3,(H,32,37)(H,34,38)(H,33,35,39). The van der Waals surface area contributed by atoms with Gasteiger partial charge in [0.15, 0.2) is 0 Å². The Bertz CT molecular complexity index is 1380. The summed E-state index contributed by atoms with van der Waals surface area (Å²) in [5, 5.41) is 17.9. The lowest BCUT2D eigenvalue weighted by Gasteiger charge is -2.28. The molecule has 2 atom stereocenters. The number of nitrogens with one attached hydrogen (secondary N) is 3. The molecule has 2 aromatic carbocycles. The van der Waals surface area contributed by atoms with Crippen molar-refractivity contribution in [1.29, 1.82) is 0 Å². The van der Waals surface area contributed by atoms with Crippen LogP contribution in [0.5, 0.6) is 0 Å². The van der Waals surface area contributed by atoms with E-state index in [4.69, 9.17) is 27.2 Å². The molecule has 0 saturated carbocycles. The van der Waals surface area contributed by atoms with Gasteiger partial charge in [-0.1, -0.05) is 30.7 Å². The van der Waals surface area contributed by atoms with Crippen molar-refractivity contribution >= 4 is 46.1 Å². The lowest BCUT2D eigenvalue weighted by atomic mass is 9.82. The van der Waals surface area contributed by atoms with Gasteiger partial charge in [0, 0.05) is 24.7 Å². The van der Waals surface area contributed by atoms with Gasteiger partial charge in [-0.25, -0.2) is 18.6 Å². The molecule has 3 aromatic rings. The van der Waals surface area contributed by atoms with E-state index < -0.39 is 47.6 Å². The molecule has 0 aliphatic heterocycles. The fourth-order valence-electron chi connectivity index (χ4n) is 3.79. The molecule has 6 N–H and O–H groups in total. The average Bonchev–Trinajstić information content (AvgIpc) is 2.92. The maximum atomic E-state index is 13.8. The number of nitrogens with zero attached hydrogens (tertiary/aromatic N) is 1. The first kappa shape index (κ1) is 30.7. The number of aliphatic hydroxyl groups excluding tert-OH is 1. The van der Waals surface area contributed by atoms with Crippen molar-refractivity contribution in [2.45, 2.75) is 32.4 Å².